The zero-order valence-corrected chi connectivity index (χ0v) is 12.1. The molecule has 0 saturated heterocycles. The maximum atomic E-state index is 13.9. The number of hydrogen-bond acceptors (Lipinski definition) is 2. The molecule has 7 heteroatoms. The van der Waals surface area contributed by atoms with Gasteiger partial charge >= 0.3 is 0 Å². The Labute approximate surface area is 127 Å². The van der Waals surface area contributed by atoms with Crippen LogP contribution in [0, 0.1) is 16.8 Å². The van der Waals surface area contributed by atoms with Crippen molar-refractivity contribution in [2.45, 2.75) is 12.8 Å². The van der Waals surface area contributed by atoms with Gasteiger partial charge in [0.05, 0.1) is 16.1 Å². The molecule has 0 aliphatic carbocycles. The molecule has 0 fully saturated rings. The second-order valence-corrected chi connectivity index (χ2v) is 5.89. The van der Waals surface area contributed by atoms with Crippen LogP contribution in [-0.2, 0) is 11.2 Å². The molecule has 1 aromatic carbocycles. The molecule has 0 unspecified atom stereocenters. The van der Waals surface area contributed by atoms with E-state index in [-0.39, 0.29) is 23.5 Å². The first-order valence-corrected chi connectivity index (χ1v) is 7.31. The zero-order valence-electron chi connectivity index (χ0n) is 11.3. The Morgan fingerprint density at radius 3 is 2.64 bits per heavy atom. The van der Waals surface area contributed by atoms with Gasteiger partial charge in [0.15, 0.2) is 5.13 Å². The average Bonchev–Trinajstić information content (AvgIpc) is 3.00. The van der Waals surface area contributed by atoms with Crippen molar-refractivity contribution in [1.29, 1.82) is 0 Å². The quantitative estimate of drug-likeness (QED) is 0.755. The molecular formula is C15H11F3N2OS. The van der Waals surface area contributed by atoms with Crippen molar-refractivity contribution in [2.75, 3.05) is 0 Å². The maximum Gasteiger partial charge on any atom is 0.217 e. The van der Waals surface area contributed by atoms with Crippen molar-refractivity contribution in [3.8, 4) is 10.6 Å². The summed E-state index contributed by atoms with van der Waals surface area (Å²) in [5, 5.41) is -0.0521. The fraction of sp³-hybridized carbons (Fsp3) is 0.133. The Morgan fingerprint density at radius 2 is 2.00 bits per heavy atom. The lowest BCUT2D eigenvalue weighted by Gasteiger charge is -2.02. The number of nitrogens with one attached hydrogen (secondary N) is 1. The van der Waals surface area contributed by atoms with Crippen LogP contribution in [-0.4, -0.2) is 10.9 Å². The van der Waals surface area contributed by atoms with E-state index in [1.807, 2.05) is 0 Å². The number of aromatic amines is 1. The number of rotatable bonds is 4. The average molecular weight is 324 g/mol. The molecule has 3 rings (SSSR count). The van der Waals surface area contributed by atoms with Crippen LogP contribution in [0.4, 0.5) is 13.2 Å². The standard InChI is InChI=1S/C15H11F3N2OS/c16-7-5-9-8(1-4-13(19)21)15(11-2-3-12(18)22-11)20-14(9)10(17)6-7/h2-3,5-6,20H,1,4H2,(H2,19,21). The largest absolute Gasteiger partial charge is 0.370 e. The molecule has 0 saturated carbocycles. The number of amides is 1. The number of nitrogens with two attached hydrogens (primary N) is 1. The number of carbonyl (C=O) groups is 1. The van der Waals surface area contributed by atoms with Crippen LogP contribution >= 0.6 is 11.3 Å². The molecule has 1 amide bonds. The predicted octanol–water partition coefficient (Wildman–Crippen LogP) is 3.73. The molecule has 3 N–H and O–H groups in total. The minimum Gasteiger partial charge on any atom is -0.370 e. The van der Waals surface area contributed by atoms with Gasteiger partial charge in [0.1, 0.15) is 11.6 Å². The maximum absolute atomic E-state index is 13.9. The van der Waals surface area contributed by atoms with E-state index in [9.17, 15) is 18.0 Å². The van der Waals surface area contributed by atoms with E-state index in [1.165, 1.54) is 12.1 Å². The monoisotopic (exact) mass is 324 g/mol. The van der Waals surface area contributed by atoms with Gasteiger partial charge in [-0.15, -0.1) is 11.3 Å². The number of hydrogen-bond donors (Lipinski definition) is 2. The van der Waals surface area contributed by atoms with E-state index in [2.05, 4.69) is 4.98 Å². The van der Waals surface area contributed by atoms with Gasteiger partial charge in [0.2, 0.25) is 5.91 Å². The van der Waals surface area contributed by atoms with Gasteiger partial charge in [-0.1, -0.05) is 0 Å². The third kappa shape index (κ3) is 2.59. The van der Waals surface area contributed by atoms with Crippen molar-refractivity contribution in [3.05, 3.63) is 46.6 Å². The summed E-state index contributed by atoms with van der Waals surface area (Å²) in [7, 11) is 0. The summed E-state index contributed by atoms with van der Waals surface area (Å²) in [6, 6.07) is 4.81. The number of primary amides is 1. The van der Waals surface area contributed by atoms with Gasteiger partial charge in [0, 0.05) is 17.9 Å². The third-order valence-corrected chi connectivity index (χ3v) is 4.26. The van der Waals surface area contributed by atoms with Gasteiger partial charge in [0.25, 0.3) is 0 Å². The molecule has 2 aromatic heterocycles. The molecule has 0 bridgehead atoms. The third-order valence-electron chi connectivity index (χ3n) is 3.37. The van der Waals surface area contributed by atoms with Gasteiger partial charge < -0.3 is 10.7 Å². The highest BCUT2D eigenvalue weighted by atomic mass is 32.1. The highest BCUT2D eigenvalue weighted by Crippen LogP contribution is 2.36. The Hall–Kier alpha value is -2.28. The van der Waals surface area contributed by atoms with E-state index in [0.717, 1.165) is 17.4 Å². The smallest absolute Gasteiger partial charge is 0.217 e. The SMILES string of the molecule is NC(=O)CCc1c(-c2ccc(F)s2)[nH]c2c(F)cc(F)cc12. The van der Waals surface area contributed by atoms with Crippen LogP contribution in [0.15, 0.2) is 24.3 Å². The first-order chi connectivity index (χ1) is 10.5. The lowest BCUT2D eigenvalue weighted by Crippen LogP contribution is -2.11. The highest BCUT2D eigenvalue weighted by Gasteiger charge is 2.18. The predicted molar refractivity (Wildman–Crippen MR) is 79.0 cm³/mol. The number of aromatic nitrogens is 1. The number of benzene rings is 1. The summed E-state index contributed by atoms with van der Waals surface area (Å²) >= 11 is 0.884. The van der Waals surface area contributed by atoms with Crippen LogP contribution in [0.1, 0.15) is 12.0 Å². The Bertz CT molecular complexity index is 869. The first kappa shape index (κ1) is 14.6. The second kappa shape index (κ2) is 5.49. The lowest BCUT2D eigenvalue weighted by atomic mass is 10.0. The molecule has 0 aliphatic rings. The van der Waals surface area contributed by atoms with E-state index >= 15 is 0 Å². The summed E-state index contributed by atoms with van der Waals surface area (Å²) in [5.41, 5.74) is 6.31. The number of aryl methyl sites for hydroxylation is 1. The van der Waals surface area contributed by atoms with Crippen molar-refractivity contribution in [1.82, 2.24) is 4.98 Å². The van der Waals surface area contributed by atoms with Crippen molar-refractivity contribution in [3.63, 3.8) is 0 Å². The molecule has 0 radical (unpaired) electrons. The summed E-state index contributed by atoms with van der Waals surface area (Å²) in [6.07, 6.45) is 0.249. The molecule has 114 valence electrons. The van der Waals surface area contributed by atoms with Crippen LogP contribution in [0.3, 0.4) is 0 Å². The minimum absolute atomic E-state index is 0.0337. The lowest BCUT2D eigenvalue weighted by molar-refractivity contribution is -0.117. The topological polar surface area (TPSA) is 58.9 Å². The molecule has 22 heavy (non-hydrogen) atoms. The minimum atomic E-state index is -0.737. The number of halogens is 3. The van der Waals surface area contributed by atoms with E-state index in [1.54, 1.807) is 6.07 Å². The number of carbonyl (C=O) groups excluding carboxylic acids is 1. The fourth-order valence-electron chi connectivity index (χ4n) is 2.44. The van der Waals surface area contributed by atoms with Crippen LogP contribution in [0.5, 0.6) is 0 Å². The molecule has 0 atom stereocenters. The van der Waals surface area contributed by atoms with E-state index < -0.39 is 17.5 Å². The van der Waals surface area contributed by atoms with Crippen LogP contribution in [0.2, 0.25) is 0 Å². The summed E-state index contributed by atoms with van der Waals surface area (Å²) in [4.78, 5) is 14.4. The normalized spacial score (nSPS) is 11.2. The van der Waals surface area contributed by atoms with Crippen molar-refractivity contribution >= 4 is 28.1 Å². The molecule has 0 aliphatic heterocycles. The number of H-pyrrole nitrogens is 1. The molecule has 3 nitrogen and oxygen atoms in total. The molecule has 3 aromatic rings. The fourth-order valence-corrected chi connectivity index (χ4v) is 3.20. The van der Waals surface area contributed by atoms with Crippen molar-refractivity contribution in [2.24, 2.45) is 5.73 Å². The summed E-state index contributed by atoms with van der Waals surface area (Å²) < 4.78 is 40.7. The highest BCUT2D eigenvalue weighted by molar-refractivity contribution is 7.13. The number of thiophene rings is 1. The first-order valence-electron chi connectivity index (χ1n) is 6.49. The van der Waals surface area contributed by atoms with Gasteiger partial charge in [-0.05, 0) is 30.2 Å². The van der Waals surface area contributed by atoms with Gasteiger partial charge in [-0.2, -0.15) is 4.39 Å². The van der Waals surface area contributed by atoms with Crippen LogP contribution in [0.25, 0.3) is 21.5 Å². The Morgan fingerprint density at radius 1 is 1.23 bits per heavy atom. The summed E-state index contributed by atoms with van der Waals surface area (Å²) in [5.74, 6) is -1.97. The van der Waals surface area contributed by atoms with Gasteiger partial charge in [-0.3, -0.25) is 4.79 Å². The Kier molecular flexibility index (Phi) is 3.66. The number of fused-ring (bicyclic) bond motifs is 1. The van der Waals surface area contributed by atoms with E-state index in [4.69, 9.17) is 5.73 Å². The molecule has 0 spiro atoms. The van der Waals surface area contributed by atoms with Crippen LogP contribution < -0.4 is 5.73 Å². The molecule has 2 heterocycles. The second-order valence-electron chi connectivity index (χ2n) is 4.86. The Balaban J connectivity index is 2.23. The summed E-state index contributed by atoms with van der Waals surface area (Å²) in [6.45, 7) is 0. The van der Waals surface area contributed by atoms with E-state index in [0.29, 0.717) is 21.5 Å². The zero-order chi connectivity index (χ0) is 15.9. The molecular weight excluding hydrogens is 313 g/mol. The van der Waals surface area contributed by atoms with Gasteiger partial charge in [-0.25, -0.2) is 8.78 Å². The van der Waals surface area contributed by atoms with Crippen molar-refractivity contribution < 1.29 is 18.0 Å².